The number of nitrogens with zero attached hydrogens (tertiary/aromatic N) is 2. The van der Waals surface area contributed by atoms with Gasteiger partial charge < -0.3 is 10.3 Å². The number of hydroxylamine groups is 2. The Labute approximate surface area is 178 Å². The van der Waals surface area contributed by atoms with E-state index in [-0.39, 0.29) is 11.3 Å². The SMILES string of the molecule is Cc1cc(NS(C)(=O)=O)ccc1C1=C2N=CC=C(c3ccc(F)cc3F)C2C=CN1[O-]. The largest absolute Gasteiger partial charge is 0.754 e. The minimum atomic E-state index is -3.45. The number of nitrogens with one attached hydrogen (secondary N) is 1. The number of benzene rings is 2. The Hall–Kier alpha value is -3.30. The van der Waals surface area contributed by atoms with Gasteiger partial charge in [0, 0.05) is 35.0 Å². The summed E-state index contributed by atoms with van der Waals surface area (Å²) in [6.07, 6.45) is 7.12. The van der Waals surface area contributed by atoms with Crippen LogP contribution in [0.1, 0.15) is 16.7 Å². The molecule has 160 valence electrons. The molecule has 4 rings (SSSR count). The van der Waals surface area contributed by atoms with E-state index in [1.54, 1.807) is 37.3 Å². The van der Waals surface area contributed by atoms with E-state index in [1.165, 1.54) is 24.5 Å². The summed E-state index contributed by atoms with van der Waals surface area (Å²) in [6.45, 7) is 1.75. The number of rotatable bonds is 4. The standard InChI is InChI=1S/C22H18F2N3O3S/c1-13-11-15(26-31(2,29)30)4-6-16(13)22-21-19(8-10-27(22)28)17(7-9-25-21)18-5-3-14(23)12-20(18)24/h3-12,19,26H,1-2H3/q-1. The van der Waals surface area contributed by atoms with Gasteiger partial charge in [0.2, 0.25) is 10.0 Å². The topological polar surface area (TPSA) is 84.8 Å². The van der Waals surface area contributed by atoms with Crippen LogP contribution in [0.15, 0.2) is 65.4 Å². The van der Waals surface area contributed by atoms with Crippen LogP contribution >= 0.6 is 0 Å². The fourth-order valence-electron chi connectivity index (χ4n) is 3.73. The Kier molecular flexibility index (Phi) is 5.24. The average Bonchev–Trinajstić information content (AvgIpc) is 2.67. The smallest absolute Gasteiger partial charge is 0.229 e. The van der Waals surface area contributed by atoms with E-state index in [1.807, 2.05) is 0 Å². The van der Waals surface area contributed by atoms with E-state index in [4.69, 9.17) is 0 Å². The van der Waals surface area contributed by atoms with E-state index in [0.717, 1.165) is 12.3 Å². The third kappa shape index (κ3) is 4.14. The van der Waals surface area contributed by atoms with Crippen molar-refractivity contribution in [3.05, 3.63) is 94.0 Å². The predicted octanol–water partition coefficient (Wildman–Crippen LogP) is 4.42. The first-order chi connectivity index (χ1) is 14.6. The first kappa shape index (κ1) is 21.0. The Morgan fingerprint density at radius 3 is 2.55 bits per heavy atom. The molecule has 1 unspecified atom stereocenters. The number of dihydropyridines is 1. The Balaban J connectivity index is 1.80. The molecular formula is C22H18F2N3O3S-. The summed E-state index contributed by atoms with van der Waals surface area (Å²) >= 11 is 0. The molecule has 2 aliphatic heterocycles. The number of anilines is 1. The zero-order chi connectivity index (χ0) is 22.3. The quantitative estimate of drug-likeness (QED) is 0.760. The van der Waals surface area contributed by atoms with Crippen LogP contribution < -0.4 is 4.72 Å². The van der Waals surface area contributed by atoms with Gasteiger partial charge in [-0.2, -0.15) is 0 Å². The number of aryl methyl sites for hydroxylation is 1. The van der Waals surface area contributed by atoms with Gasteiger partial charge in [-0.15, -0.1) is 0 Å². The lowest BCUT2D eigenvalue weighted by atomic mass is 9.84. The maximum Gasteiger partial charge on any atom is 0.229 e. The minimum Gasteiger partial charge on any atom is -0.754 e. The van der Waals surface area contributed by atoms with Gasteiger partial charge >= 0.3 is 0 Å². The van der Waals surface area contributed by atoms with Crippen molar-refractivity contribution >= 4 is 33.2 Å². The van der Waals surface area contributed by atoms with Gasteiger partial charge in [0.1, 0.15) is 11.6 Å². The lowest BCUT2D eigenvalue weighted by Crippen LogP contribution is -2.21. The Morgan fingerprint density at radius 2 is 1.87 bits per heavy atom. The number of hydrogen-bond acceptors (Lipinski definition) is 5. The molecule has 2 aromatic rings. The van der Waals surface area contributed by atoms with Crippen molar-refractivity contribution in [2.75, 3.05) is 11.0 Å². The van der Waals surface area contributed by atoms with Crippen molar-refractivity contribution in [2.24, 2.45) is 10.9 Å². The Morgan fingerprint density at radius 1 is 1.13 bits per heavy atom. The summed E-state index contributed by atoms with van der Waals surface area (Å²) in [6, 6.07) is 8.17. The maximum absolute atomic E-state index is 14.4. The Bertz CT molecular complexity index is 1300. The monoisotopic (exact) mass is 442 g/mol. The van der Waals surface area contributed by atoms with Gasteiger partial charge in [-0.25, -0.2) is 17.2 Å². The molecule has 0 aromatic heterocycles. The highest BCUT2D eigenvalue weighted by atomic mass is 32.2. The number of aliphatic imine (C=N–C) groups is 1. The van der Waals surface area contributed by atoms with Crippen molar-refractivity contribution in [3.63, 3.8) is 0 Å². The normalized spacial score (nSPS) is 18.2. The molecule has 0 radical (unpaired) electrons. The van der Waals surface area contributed by atoms with Crippen LogP contribution in [-0.2, 0) is 10.0 Å². The molecule has 0 saturated heterocycles. The molecule has 2 aliphatic rings. The number of halogens is 2. The van der Waals surface area contributed by atoms with Crippen LogP contribution in [-0.4, -0.2) is 26.0 Å². The van der Waals surface area contributed by atoms with Gasteiger partial charge in [0.25, 0.3) is 0 Å². The number of sulfonamides is 1. The molecular weight excluding hydrogens is 424 g/mol. The first-order valence-electron chi connectivity index (χ1n) is 9.31. The molecule has 9 heteroatoms. The summed E-state index contributed by atoms with van der Waals surface area (Å²) in [5.74, 6) is -1.88. The molecule has 0 bridgehead atoms. The lowest BCUT2D eigenvalue weighted by molar-refractivity contribution is 0.579. The van der Waals surface area contributed by atoms with Gasteiger partial charge in [-0.3, -0.25) is 9.71 Å². The van der Waals surface area contributed by atoms with Crippen molar-refractivity contribution in [1.29, 1.82) is 0 Å². The summed E-state index contributed by atoms with van der Waals surface area (Å²) < 4.78 is 53.2. The molecule has 0 aliphatic carbocycles. The molecule has 1 atom stereocenters. The van der Waals surface area contributed by atoms with Crippen LogP contribution in [0, 0.1) is 29.7 Å². The second kappa shape index (κ2) is 7.75. The average molecular weight is 442 g/mol. The molecule has 2 heterocycles. The highest BCUT2D eigenvalue weighted by molar-refractivity contribution is 7.92. The molecule has 0 amide bonds. The summed E-state index contributed by atoms with van der Waals surface area (Å²) in [5, 5.41) is 13.4. The number of fused-ring (bicyclic) bond motifs is 1. The maximum atomic E-state index is 14.4. The van der Waals surface area contributed by atoms with E-state index in [9.17, 15) is 22.4 Å². The minimum absolute atomic E-state index is 0.225. The zero-order valence-corrected chi connectivity index (χ0v) is 17.5. The van der Waals surface area contributed by atoms with Crippen molar-refractivity contribution in [3.8, 4) is 0 Å². The fourth-order valence-corrected chi connectivity index (χ4v) is 4.28. The summed E-state index contributed by atoms with van der Waals surface area (Å²) in [7, 11) is -3.45. The third-order valence-electron chi connectivity index (χ3n) is 5.00. The van der Waals surface area contributed by atoms with Crippen LogP contribution in [0.3, 0.4) is 0 Å². The molecule has 0 saturated carbocycles. The summed E-state index contributed by atoms with van der Waals surface area (Å²) in [4.78, 5) is 4.38. The van der Waals surface area contributed by atoms with Crippen LogP contribution in [0.5, 0.6) is 0 Å². The molecule has 0 fully saturated rings. The fraction of sp³-hybridized carbons (Fsp3) is 0.136. The molecule has 0 spiro atoms. The van der Waals surface area contributed by atoms with Crippen LogP contribution in [0.2, 0.25) is 0 Å². The van der Waals surface area contributed by atoms with Crippen molar-refractivity contribution in [2.45, 2.75) is 6.92 Å². The molecule has 31 heavy (non-hydrogen) atoms. The van der Waals surface area contributed by atoms with E-state index in [2.05, 4.69) is 9.71 Å². The predicted molar refractivity (Wildman–Crippen MR) is 117 cm³/mol. The van der Waals surface area contributed by atoms with Crippen LogP contribution in [0.4, 0.5) is 14.5 Å². The number of hydrogen-bond donors (Lipinski definition) is 1. The van der Waals surface area contributed by atoms with Gasteiger partial charge in [0.05, 0.1) is 17.6 Å². The highest BCUT2D eigenvalue weighted by Gasteiger charge is 2.29. The van der Waals surface area contributed by atoms with Gasteiger partial charge in [-0.1, -0.05) is 12.1 Å². The second-order valence-electron chi connectivity index (χ2n) is 7.31. The van der Waals surface area contributed by atoms with Gasteiger partial charge in [-0.05, 0) is 54.6 Å². The van der Waals surface area contributed by atoms with E-state index < -0.39 is 27.6 Å². The summed E-state index contributed by atoms with van der Waals surface area (Å²) in [5.41, 5.74) is 3.07. The first-order valence-corrected chi connectivity index (χ1v) is 11.2. The van der Waals surface area contributed by atoms with E-state index >= 15 is 0 Å². The molecule has 6 nitrogen and oxygen atoms in total. The van der Waals surface area contributed by atoms with Crippen molar-refractivity contribution < 1.29 is 17.2 Å². The molecule has 2 aromatic carbocycles. The third-order valence-corrected chi connectivity index (χ3v) is 5.61. The molecule has 1 N–H and O–H groups in total. The lowest BCUT2D eigenvalue weighted by Gasteiger charge is -2.38. The van der Waals surface area contributed by atoms with E-state index in [0.29, 0.717) is 33.1 Å². The highest BCUT2D eigenvalue weighted by Crippen LogP contribution is 2.42. The number of allylic oxidation sites excluding steroid dienone is 2. The second-order valence-corrected chi connectivity index (χ2v) is 9.06. The zero-order valence-electron chi connectivity index (χ0n) is 16.6. The van der Waals surface area contributed by atoms with Gasteiger partial charge in [0.15, 0.2) is 0 Å². The van der Waals surface area contributed by atoms with Crippen molar-refractivity contribution in [1.82, 2.24) is 5.06 Å². The van der Waals surface area contributed by atoms with Crippen LogP contribution in [0.25, 0.3) is 11.3 Å².